The minimum Gasteiger partial charge on any atom is -0.368 e. The van der Waals surface area contributed by atoms with Gasteiger partial charge in [0.2, 0.25) is 0 Å². The number of benzene rings is 1. The second-order valence-corrected chi connectivity index (χ2v) is 5.77. The fourth-order valence-corrected chi connectivity index (χ4v) is 3.39. The van der Waals surface area contributed by atoms with Crippen molar-refractivity contribution in [3.63, 3.8) is 0 Å². The van der Waals surface area contributed by atoms with Crippen LogP contribution in [0.4, 0.5) is 10.1 Å². The number of nitrogens with zero attached hydrogens (tertiary/aromatic N) is 2. The van der Waals surface area contributed by atoms with Crippen molar-refractivity contribution in [1.29, 1.82) is 0 Å². The maximum absolute atomic E-state index is 13.4. The predicted octanol–water partition coefficient (Wildman–Crippen LogP) is 2.13. The Balaban J connectivity index is 1.85. The molecule has 0 amide bonds. The molecule has 3 rings (SSSR count). The van der Waals surface area contributed by atoms with E-state index < -0.39 is 0 Å². The van der Waals surface area contributed by atoms with Crippen LogP contribution in [0.2, 0.25) is 0 Å². The number of hydrogen-bond acceptors (Lipinski definition) is 3. The van der Waals surface area contributed by atoms with Crippen molar-refractivity contribution in [2.45, 2.75) is 31.8 Å². The predicted molar refractivity (Wildman–Crippen MR) is 75.8 cm³/mol. The molecule has 1 unspecified atom stereocenters. The number of piperazine rings is 1. The van der Waals surface area contributed by atoms with Crippen molar-refractivity contribution in [3.05, 3.63) is 29.6 Å². The number of halogens is 1. The molecule has 19 heavy (non-hydrogen) atoms. The topological polar surface area (TPSA) is 32.5 Å². The quantitative estimate of drug-likeness (QED) is 0.887. The van der Waals surface area contributed by atoms with E-state index in [0.29, 0.717) is 6.04 Å². The molecule has 2 saturated heterocycles. The van der Waals surface area contributed by atoms with Gasteiger partial charge in [-0.05, 0) is 50.1 Å². The summed E-state index contributed by atoms with van der Waals surface area (Å²) in [4.78, 5) is 4.95. The highest BCUT2D eigenvalue weighted by atomic mass is 19.1. The lowest BCUT2D eigenvalue weighted by Crippen LogP contribution is -2.50. The average molecular weight is 263 g/mol. The summed E-state index contributed by atoms with van der Waals surface area (Å²) in [6.45, 7) is 6.33. The molecule has 1 aromatic rings. The number of rotatable bonds is 2. The third kappa shape index (κ3) is 2.47. The van der Waals surface area contributed by atoms with Crippen LogP contribution >= 0.6 is 0 Å². The van der Waals surface area contributed by atoms with E-state index >= 15 is 0 Å². The van der Waals surface area contributed by atoms with Crippen molar-refractivity contribution in [2.75, 3.05) is 31.1 Å². The Hall–Kier alpha value is -1.13. The van der Waals surface area contributed by atoms with Crippen LogP contribution in [0, 0.1) is 5.82 Å². The van der Waals surface area contributed by atoms with Crippen molar-refractivity contribution in [3.8, 4) is 0 Å². The van der Waals surface area contributed by atoms with Crippen LogP contribution in [0.25, 0.3) is 0 Å². The van der Waals surface area contributed by atoms with Gasteiger partial charge in [0.15, 0.2) is 0 Å². The SMILES string of the molecule is C[C@@H](N)c1cc(F)ccc1N1CCN2CCCC2C1. The van der Waals surface area contributed by atoms with Crippen molar-refractivity contribution in [1.82, 2.24) is 4.90 Å². The number of anilines is 1. The van der Waals surface area contributed by atoms with E-state index in [0.717, 1.165) is 30.9 Å². The maximum Gasteiger partial charge on any atom is 0.123 e. The fraction of sp³-hybridized carbons (Fsp3) is 0.600. The summed E-state index contributed by atoms with van der Waals surface area (Å²) >= 11 is 0. The van der Waals surface area contributed by atoms with Gasteiger partial charge in [0.25, 0.3) is 0 Å². The first-order valence-corrected chi connectivity index (χ1v) is 7.19. The Morgan fingerprint density at radius 1 is 1.32 bits per heavy atom. The Labute approximate surface area is 114 Å². The Kier molecular flexibility index (Phi) is 3.46. The van der Waals surface area contributed by atoms with Crippen molar-refractivity contribution < 1.29 is 4.39 Å². The minimum atomic E-state index is -0.199. The standard InChI is InChI=1S/C15H22FN3/c1-11(17)14-9-12(16)4-5-15(14)19-8-7-18-6-2-3-13(18)10-19/h4-5,9,11,13H,2-3,6-8,10,17H2,1H3/t11-,13?/m1/s1. The first-order valence-electron chi connectivity index (χ1n) is 7.19. The average Bonchev–Trinajstić information content (AvgIpc) is 2.85. The van der Waals surface area contributed by atoms with Gasteiger partial charge in [-0.3, -0.25) is 4.90 Å². The molecule has 2 aliphatic heterocycles. The minimum absolute atomic E-state index is 0.132. The van der Waals surface area contributed by atoms with E-state index in [-0.39, 0.29) is 11.9 Å². The van der Waals surface area contributed by atoms with Gasteiger partial charge in [0.05, 0.1) is 0 Å². The lowest BCUT2D eigenvalue weighted by molar-refractivity contribution is 0.230. The van der Waals surface area contributed by atoms with Crippen LogP contribution in [0.1, 0.15) is 31.4 Å². The third-order valence-electron chi connectivity index (χ3n) is 4.41. The molecular formula is C15H22FN3. The second-order valence-electron chi connectivity index (χ2n) is 5.77. The largest absolute Gasteiger partial charge is 0.368 e. The molecular weight excluding hydrogens is 241 g/mol. The third-order valence-corrected chi connectivity index (χ3v) is 4.41. The van der Waals surface area contributed by atoms with Crippen LogP contribution in [0.3, 0.4) is 0 Å². The Bertz CT molecular complexity index is 461. The molecule has 104 valence electrons. The molecule has 2 atom stereocenters. The zero-order valence-corrected chi connectivity index (χ0v) is 11.5. The van der Waals surface area contributed by atoms with Gasteiger partial charge in [-0.15, -0.1) is 0 Å². The van der Waals surface area contributed by atoms with E-state index in [1.165, 1.54) is 19.4 Å². The highest BCUT2D eigenvalue weighted by Gasteiger charge is 2.31. The normalized spacial score (nSPS) is 25.4. The molecule has 0 spiro atoms. The van der Waals surface area contributed by atoms with Gasteiger partial charge in [-0.25, -0.2) is 4.39 Å². The fourth-order valence-electron chi connectivity index (χ4n) is 3.39. The van der Waals surface area contributed by atoms with Crippen LogP contribution in [-0.2, 0) is 0 Å². The zero-order valence-electron chi connectivity index (χ0n) is 11.5. The van der Waals surface area contributed by atoms with Gasteiger partial charge < -0.3 is 10.6 Å². The molecule has 2 N–H and O–H groups in total. The molecule has 0 saturated carbocycles. The van der Waals surface area contributed by atoms with Crippen molar-refractivity contribution in [2.24, 2.45) is 5.73 Å². The summed E-state index contributed by atoms with van der Waals surface area (Å²) in [5.41, 5.74) is 8.03. The van der Waals surface area contributed by atoms with Crippen LogP contribution in [0.5, 0.6) is 0 Å². The Morgan fingerprint density at radius 3 is 2.95 bits per heavy atom. The van der Waals surface area contributed by atoms with Gasteiger partial charge in [-0.2, -0.15) is 0 Å². The van der Waals surface area contributed by atoms with Crippen LogP contribution in [-0.4, -0.2) is 37.1 Å². The monoisotopic (exact) mass is 263 g/mol. The zero-order chi connectivity index (χ0) is 13.4. The first-order chi connectivity index (χ1) is 9.15. The van der Waals surface area contributed by atoms with Crippen LogP contribution < -0.4 is 10.6 Å². The van der Waals surface area contributed by atoms with Crippen molar-refractivity contribution >= 4 is 5.69 Å². The Morgan fingerprint density at radius 2 is 2.16 bits per heavy atom. The first kappa shape index (κ1) is 12.9. The molecule has 3 nitrogen and oxygen atoms in total. The number of hydrogen-bond donors (Lipinski definition) is 1. The highest BCUT2D eigenvalue weighted by molar-refractivity contribution is 5.55. The van der Waals surface area contributed by atoms with Crippen LogP contribution in [0.15, 0.2) is 18.2 Å². The summed E-state index contributed by atoms with van der Waals surface area (Å²) in [6.07, 6.45) is 2.59. The van der Waals surface area contributed by atoms with Gasteiger partial charge in [-0.1, -0.05) is 0 Å². The smallest absolute Gasteiger partial charge is 0.123 e. The summed E-state index contributed by atoms with van der Waals surface area (Å²) in [6, 6.07) is 5.55. The van der Waals surface area contributed by atoms with E-state index in [1.807, 2.05) is 13.0 Å². The summed E-state index contributed by atoms with van der Waals surface area (Å²) < 4.78 is 13.4. The van der Waals surface area contributed by atoms with Gasteiger partial charge in [0, 0.05) is 37.4 Å². The molecule has 4 heteroatoms. The summed E-state index contributed by atoms with van der Waals surface area (Å²) in [5, 5.41) is 0. The summed E-state index contributed by atoms with van der Waals surface area (Å²) in [5.74, 6) is -0.199. The molecule has 1 aromatic carbocycles. The molecule has 2 heterocycles. The number of fused-ring (bicyclic) bond motifs is 1. The van der Waals surface area contributed by atoms with E-state index in [9.17, 15) is 4.39 Å². The molecule has 0 bridgehead atoms. The van der Waals surface area contributed by atoms with E-state index in [1.54, 1.807) is 12.1 Å². The van der Waals surface area contributed by atoms with E-state index in [2.05, 4.69) is 9.80 Å². The van der Waals surface area contributed by atoms with E-state index in [4.69, 9.17) is 5.73 Å². The highest BCUT2D eigenvalue weighted by Crippen LogP contribution is 2.30. The second kappa shape index (κ2) is 5.10. The lowest BCUT2D eigenvalue weighted by Gasteiger charge is -2.40. The summed E-state index contributed by atoms with van der Waals surface area (Å²) in [7, 11) is 0. The molecule has 0 aromatic heterocycles. The van der Waals surface area contributed by atoms with Gasteiger partial charge >= 0.3 is 0 Å². The molecule has 0 radical (unpaired) electrons. The molecule has 0 aliphatic carbocycles. The molecule has 2 aliphatic rings. The number of nitrogens with two attached hydrogens (primary N) is 1. The maximum atomic E-state index is 13.4. The molecule has 2 fully saturated rings. The lowest BCUT2D eigenvalue weighted by atomic mass is 10.0. The van der Waals surface area contributed by atoms with Gasteiger partial charge in [0.1, 0.15) is 5.82 Å².